The monoisotopic (exact) mass is 296 g/mol. The number of ketones is 1. The minimum Gasteiger partial charge on any atom is -0.302 e. The van der Waals surface area contributed by atoms with Gasteiger partial charge in [0.15, 0.2) is 5.78 Å². The van der Waals surface area contributed by atoms with E-state index < -0.39 is 10.0 Å². The van der Waals surface area contributed by atoms with Gasteiger partial charge in [0.25, 0.3) is 0 Å². The molecule has 0 heterocycles. The van der Waals surface area contributed by atoms with Crippen molar-refractivity contribution in [3.8, 4) is 0 Å². The topological polar surface area (TPSA) is 66.5 Å². The Morgan fingerprint density at radius 1 is 1.30 bits per heavy atom. The molecule has 0 radical (unpaired) electrons. The van der Waals surface area contributed by atoms with Crippen LogP contribution in [0.4, 0.5) is 0 Å². The van der Waals surface area contributed by atoms with Gasteiger partial charge in [-0.25, -0.2) is 13.1 Å². The molecule has 1 aliphatic rings. The molecule has 110 valence electrons. The van der Waals surface area contributed by atoms with Crippen molar-refractivity contribution >= 4 is 15.8 Å². The van der Waals surface area contributed by atoms with Gasteiger partial charge >= 0.3 is 0 Å². The molecule has 0 spiro atoms. The number of hydrogen-bond acceptors (Lipinski definition) is 4. The van der Waals surface area contributed by atoms with Crippen LogP contribution in [0.1, 0.15) is 30.1 Å². The largest absolute Gasteiger partial charge is 0.302 e. The number of sulfonamides is 1. The smallest absolute Gasteiger partial charge is 0.240 e. The van der Waals surface area contributed by atoms with E-state index in [9.17, 15) is 13.2 Å². The summed E-state index contributed by atoms with van der Waals surface area (Å²) in [6.07, 6.45) is 2.41. The first kappa shape index (κ1) is 15.2. The van der Waals surface area contributed by atoms with Gasteiger partial charge in [0, 0.05) is 24.7 Å². The Labute approximate surface area is 120 Å². The molecule has 6 heteroatoms. The van der Waals surface area contributed by atoms with Crippen molar-refractivity contribution in [1.82, 2.24) is 9.62 Å². The summed E-state index contributed by atoms with van der Waals surface area (Å²) in [5, 5.41) is 0. The van der Waals surface area contributed by atoms with Gasteiger partial charge in [-0.2, -0.15) is 0 Å². The maximum Gasteiger partial charge on any atom is 0.240 e. The van der Waals surface area contributed by atoms with E-state index in [0.29, 0.717) is 24.7 Å². The molecule has 1 aliphatic carbocycles. The summed E-state index contributed by atoms with van der Waals surface area (Å²) < 4.78 is 26.7. The molecule has 1 fully saturated rings. The number of carbonyl (C=O) groups is 1. The third kappa shape index (κ3) is 3.88. The van der Waals surface area contributed by atoms with E-state index in [1.165, 1.54) is 44.0 Å². The van der Waals surface area contributed by atoms with Crippen LogP contribution in [0.15, 0.2) is 29.2 Å². The Bertz CT molecular complexity index is 577. The summed E-state index contributed by atoms with van der Waals surface area (Å²) in [5.74, 6) is -0.0760. The molecule has 20 heavy (non-hydrogen) atoms. The summed E-state index contributed by atoms with van der Waals surface area (Å²) in [7, 11) is -1.48. The molecular formula is C14H20N2O3S. The van der Waals surface area contributed by atoms with E-state index >= 15 is 0 Å². The van der Waals surface area contributed by atoms with Crippen molar-refractivity contribution in [2.24, 2.45) is 0 Å². The second kappa shape index (κ2) is 6.03. The normalized spacial score (nSPS) is 15.6. The van der Waals surface area contributed by atoms with Crippen molar-refractivity contribution < 1.29 is 13.2 Å². The molecule has 0 aromatic heterocycles. The van der Waals surface area contributed by atoms with E-state index in [1.807, 2.05) is 7.05 Å². The highest BCUT2D eigenvalue weighted by atomic mass is 32.2. The summed E-state index contributed by atoms with van der Waals surface area (Å²) in [6, 6.07) is 6.61. The quantitative estimate of drug-likeness (QED) is 0.769. The number of benzene rings is 1. The van der Waals surface area contributed by atoms with E-state index in [1.54, 1.807) is 0 Å². The van der Waals surface area contributed by atoms with Crippen LogP contribution in [0, 0.1) is 0 Å². The van der Waals surface area contributed by atoms with E-state index in [4.69, 9.17) is 0 Å². The van der Waals surface area contributed by atoms with Crippen LogP contribution in [0.2, 0.25) is 0 Å². The van der Waals surface area contributed by atoms with Gasteiger partial charge in [-0.1, -0.05) is 12.1 Å². The second-order valence-corrected chi connectivity index (χ2v) is 6.96. The van der Waals surface area contributed by atoms with Gasteiger partial charge in [-0.15, -0.1) is 0 Å². The van der Waals surface area contributed by atoms with Crippen molar-refractivity contribution in [2.75, 3.05) is 20.1 Å². The van der Waals surface area contributed by atoms with Crippen molar-refractivity contribution in [2.45, 2.75) is 30.7 Å². The fourth-order valence-corrected chi connectivity index (χ4v) is 3.03. The van der Waals surface area contributed by atoms with Crippen LogP contribution in [0.5, 0.6) is 0 Å². The lowest BCUT2D eigenvalue weighted by molar-refractivity contribution is 0.101. The van der Waals surface area contributed by atoms with Gasteiger partial charge in [0.05, 0.1) is 4.90 Å². The molecule has 0 bridgehead atoms. The Balaban J connectivity index is 1.93. The fraction of sp³-hybridized carbons (Fsp3) is 0.500. The minimum absolute atomic E-state index is 0.0760. The third-order valence-corrected chi connectivity index (χ3v) is 4.97. The Morgan fingerprint density at radius 2 is 1.90 bits per heavy atom. The predicted octanol–water partition coefficient (Wildman–Crippen LogP) is 1.26. The van der Waals surface area contributed by atoms with E-state index in [0.717, 1.165) is 0 Å². The number of nitrogens with one attached hydrogen (secondary N) is 1. The summed E-state index contributed by atoms with van der Waals surface area (Å²) in [6.45, 7) is 2.55. The maximum atomic E-state index is 12.1. The van der Waals surface area contributed by atoms with Crippen LogP contribution >= 0.6 is 0 Å². The first-order valence-corrected chi connectivity index (χ1v) is 8.19. The van der Waals surface area contributed by atoms with E-state index in [-0.39, 0.29) is 10.7 Å². The van der Waals surface area contributed by atoms with Gasteiger partial charge in [0.1, 0.15) is 0 Å². The predicted molar refractivity (Wildman–Crippen MR) is 77.3 cm³/mol. The number of carbonyl (C=O) groups excluding carboxylic acids is 1. The number of likely N-dealkylation sites (N-methyl/N-ethyl adjacent to an activating group) is 1. The van der Waals surface area contributed by atoms with Gasteiger partial charge in [0.2, 0.25) is 10.0 Å². The Kier molecular flexibility index (Phi) is 4.57. The molecule has 1 aromatic carbocycles. The molecule has 1 aromatic rings. The molecule has 1 N–H and O–H groups in total. The van der Waals surface area contributed by atoms with Crippen molar-refractivity contribution in [3.63, 3.8) is 0 Å². The Hall–Kier alpha value is -1.24. The number of nitrogens with zero attached hydrogens (tertiary/aromatic N) is 1. The SMILES string of the molecule is CC(=O)c1ccc(S(=O)(=O)NCCN(C)C2CC2)cc1. The summed E-state index contributed by atoms with van der Waals surface area (Å²) >= 11 is 0. The van der Waals surface area contributed by atoms with E-state index in [2.05, 4.69) is 9.62 Å². The molecule has 0 unspecified atom stereocenters. The summed E-state index contributed by atoms with van der Waals surface area (Å²) in [4.78, 5) is 13.5. The lowest BCUT2D eigenvalue weighted by Crippen LogP contribution is -2.34. The zero-order valence-corrected chi connectivity index (χ0v) is 12.6. The van der Waals surface area contributed by atoms with Crippen LogP contribution in [-0.4, -0.2) is 45.3 Å². The maximum absolute atomic E-state index is 12.1. The molecule has 0 amide bonds. The average molecular weight is 296 g/mol. The highest BCUT2D eigenvalue weighted by molar-refractivity contribution is 7.89. The average Bonchev–Trinajstić information content (AvgIpc) is 3.22. The molecule has 0 aliphatic heterocycles. The third-order valence-electron chi connectivity index (χ3n) is 3.50. The zero-order valence-electron chi connectivity index (χ0n) is 11.8. The number of hydrogen-bond donors (Lipinski definition) is 1. The highest BCUT2D eigenvalue weighted by Crippen LogP contribution is 2.24. The van der Waals surface area contributed by atoms with Crippen molar-refractivity contribution in [3.05, 3.63) is 29.8 Å². The molecule has 2 rings (SSSR count). The first-order chi connectivity index (χ1) is 9.40. The van der Waals surface area contributed by atoms with Crippen LogP contribution in [-0.2, 0) is 10.0 Å². The molecule has 0 saturated heterocycles. The van der Waals surface area contributed by atoms with Gasteiger partial charge in [-0.3, -0.25) is 4.79 Å². The van der Waals surface area contributed by atoms with Gasteiger partial charge < -0.3 is 4.90 Å². The summed E-state index contributed by atoms with van der Waals surface area (Å²) in [5.41, 5.74) is 0.511. The number of rotatable bonds is 7. The van der Waals surface area contributed by atoms with Crippen molar-refractivity contribution in [1.29, 1.82) is 0 Å². The van der Waals surface area contributed by atoms with Crippen LogP contribution < -0.4 is 4.72 Å². The minimum atomic E-state index is -3.49. The highest BCUT2D eigenvalue weighted by Gasteiger charge is 2.25. The molecule has 5 nitrogen and oxygen atoms in total. The standard InChI is InChI=1S/C14H20N2O3S/c1-11(17)12-3-7-14(8-4-12)20(18,19)15-9-10-16(2)13-5-6-13/h3-4,7-8,13,15H,5-6,9-10H2,1-2H3. The zero-order chi connectivity index (χ0) is 14.8. The van der Waals surface area contributed by atoms with Gasteiger partial charge in [-0.05, 0) is 38.9 Å². The second-order valence-electron chi connectivity index (χ2n) is 5.19. The molecular weight excluding hydrogens is 276 g/mol. The molecule has 0 atom stereocenters. The van der Waals surface area contributed by atoms with Crippen LogP contribution in [0.3, 0.4) is 0 Å². The van der Waals surface area contributed by atoms with Crippen LogP contribution in [0.25, 0.3) is 0 Å². The fourth-order valence-electron chi connectivity index (χ4n) is 2.01. The number of Topliss-reactive ketones (excluding diaryl/α,β-unsaturated/α-hetero) is 1. The molecule has 1 saturated carbocycles. The Morgan fingerprint density at radius 3 is 2.40 bits per heavy atom. The lowest BCUT2D eigenvalue weighted by Gasteiger charge is -2.15. The lowest BCUT2D eigenvalue weighted by atomic mass is 10.2. The first-order valence-electron chi connectivity index (χ1n) is 6.71.